The summed E-state index contributed by atoms with van der Waals surface area (Å²) in [6, 6.07) is 7.82. The first-order valence-electron chi connectivity index (χ1n) is 14.2. The molecule has 4 unspecified atom stereocenters. The molecule has 3 aliphatic carbocycles. The van der Waals surface area contributed by atoms with Crippen LogP contribution >= 0.6 is 0 Å². The minimum Gasteiger partial charge on any atom is -0.494 e. The predicted molar refractivity (Wildman–Crippen MR) is 144 cm³/mol. The van der Waals surface area contributed by atoms with Crippen LogP contribution in [0.25, 0.3) is 0 Å². The van der Waals surface area contributed by atoms with Crippen molar-refractivity contribution in [2.75, 3.05) is 47.4 Å². The molecule has 4 rings (SSSR count). The molecule has 192 valence electrons. The molecule has 34 heavy (non-hydrogen) atoms. The van der Waals surface area contributed by atoms with Crippen molar-refractivity contribution in [2.24, 2.45) is 23.0 Å². The molecule has 5 atom stereocenters. The molecule has 0 amide bonds. The Morgan fingerprint density at radius 3 is 2.59 bits per heavy atom. The second kappa shape index (κ2) is 11.8. The largest absolute Gasteiger partial charge is 0.494 e. The van der Waals surface area contributed by atoms with Crippen molar-refractivity contribution in [2.45, 2.75) is 89.5 Å². The summed E-state index contributed by atoms with van der Waals surface area (Å²) in [4.78, 5) is 5.04. The number of hydrogen-bond acceptors (Lipinski definition) is 4. The lowest BCUT2D eigenvalue weighted by molar-refractivity contribution is 0.00697. The number of ether oxygens (including phenoxy) is 1. The molecule has 0 radical (unpaired) electrons. The third-order valence-corrected chi connectivity index (χ3v) is 9.66. The maximum absolute atomic E-state index is 6.12. The monoisotopic (exact) mass is 469 g/mol. The van der Waals surface area contributed by atoms with Gasteiger partial charge in [0.05, 0.1) is 6.61 Å². The Balaban J connectivity index is 1.35. The summed E-state index contributed by atoms with van der Waals surface area (Å²) in [5, 5.41) is 0. The smallest absolute Gasteiger partial charge is 0.119 e. The van der Waals surface area contributed by atoms with E-state index < -0.39 is 0 Å². The van der Waals surface area contributed by atoms with E-state index in [1.54, 1.807) is 11.1 Å². The number of nitrogens with zero attached hydrogens (tertiary/aromatic N) is 2. The summed E-state index contributed by atoms with van der Waals surface area (Å²) in [6.07, 6.45) is 14.2. The van der Waals surface area contributed by atoms with Gasteiger partial charge in [-0.2, -0.15) is 0 Å². The van der Waals surface area contributed by atoms with Crippen LogP contribution in [0.1, 0.15) is 88.2 Å². The fourth-order valence-corrected chi connectivity index (χ4v) is 7.93. The number of rotatable bonds is 12. The van der Waals surface area contributed by atoms with Crippen LogP contribution in [-0.2, 0) is 6.42 Å². The van der Waals surface area contributed by atoms with E-state index in [1.165, 1.54) is 70.9 Å². The van der Waals surface area contributed by atoms with Gasteiger partial charge in [-0.05, 0) is 145 Å². The number of benzene rings is 1. The lowest BCUT2D eigenvalue weighted by atomic mass is 9.55. The van der Waals surface area contributed by atoms with E-state index >= 15 is 0 Å². The molecule has 3 aliphatic rings. The van der Waals surface area contributed by atoms with Gasteiger partial charge in [-0.15, -0.1) is 0 Å². The van der Waals surface area contributed by atoms with Crippen molar-refractivity contribution < 1.29 is 4.74 Å². The average Bonchev–Trinajstić information content (AvgIpc) is 3.18. The standard InChI is InChI=1S/C30H51N3O/c1-30-17-16-26-25-13-11-24(34-21-8-6-5-7-18-31)22-23(25)10-12-27(26)28(30)14-15-29(30)33(4)20-9-19-32(2)3/h11,13,22,26-29H,5-10,12,14-21,31H2,1-4H3/t26?,27?,28?,29?,30-/m0/s1. The van der Waals surface area contributed by atoms with Crippen molar-refractivity contribution in [3.63, 3.8) is 0 Å². The number of aryl methyl sites for hydroxylation is 1. The van der Waals surface area contributed by atoms with Crippen molar-refractivity contribution >= 4 is 0 Å². The van der Waals surface area contributed by atoms with Gasteiger partial charge in [0, 0.05) is 6.04 Å². The highest BCUT2D eigenvalue weighted by Crippen LogP contribution is 2.61. The van der Waals surface area contributed by atoms with E-state index in [2.05, 4.69) is 56.1 Å². The van der Waals surface area contributed by atoms with Crippen molar-refractivity contribution in [1.29, 1.82) is 0 Å². The molecule has 0 heterocycles. The lowest BCUT2D eigenvalue weighted by Gasteiger charge is -2.52. The third kappa shape index (κ3) is 5.65. The van der Waals surface area contributed by atoms with Gasteiger partial charge in [0.1, 0.15) is 5.75 Å². The SMILES string of the molecule is CN(C)CCCN(C)C1CCC2C3CCc4cc(OCCCCCCN)ccc4C3CC[C@@]21C. The molecule has 4 nitrogen and oxygen atoms in total. The molecule has 0 aliphatic heterocycles. The van der Waals surface area contributed by atoms with Crippen molar-refractivity contribution in [1.82, 2.24) is 9.80 Å². The average molecular weight is 470 g/mol. The molecule has 1 aromatic carbocycles. The summed E-state index contributed by atoms with van der Waals surface area (Å²) in [5.41, 5.74) is 9.31. The Kier molecular flexibility index (Phi) is 8.98. The molecule has 0 spiro atoms. The summed E-state index contributed by atoms with van der Waals surface area (Å²) in [5.74, 6) is 3.62. The maximum atomic E-state index is 6.12. The number of nitrogens with two attached hydrogens (primary N) is 1. The van der Waals surface area contributed by atoms with Gasteiger partial charge in [-0.1, -0.05) is 25.8 Å². The highest BCUT2D eigenvalue weighted by Gasteiger charge is 2.55. The second-order valence-corrected chi connectivity index (χ2v) is 12.1. The van der Waals surface area contributed by atoms with Gasteiger partial charge in [0.25, 0.3) is 0 Å². The Hall–Kier alpha value is -1.10. The quantitative estimate of drug-likeness (QED) is 0.399. The first-order chi connectivity index (χ1) is 16.4. The molecule has 1 aromatic rings. The molecule has 0 aromatic heterocycles. The van der Waals surface area contributed by atoms with Gasteiger partial charge in [-0.25, -0.2) is 0 Å². The van der Waals surface area contributed by atoms with Crippen LogP contribution in [0.2, 0.25) is 0 Å². The molecule has 4 heteroatoms. The fourth-order valence-electron chi connectivity index (χ4n) is 7.93. The predicted octanol–water partition coefficient (Wildman–Crippen LogP) is 5.69. The molecular weight excluding hydrogens is 418 g/mol. The van der Waals surface area contributed by atoms with Crippen LogP contribution < -0.4 is 10.5 Å². The zero-order valence-electron chi connectivity index (χ0n) is 22.5. The lowest BCUT2D eigenvalue weighted by Crippen LogP contribution is -2.49. The number of hydrogen-bond donors (Lipinski definition) is 1. The zero-order chi connectivity index (χ0) is 24.1. The summed E-state index contributed by atoms with van der Waals surface area (Å²) >= 11 is 0. The van der Waals surface area contributed by atoms with E-state index in [0.29, 0.717) is 5.41 Å². The van der Waals surface area contributed by atoms with E-state index in [0.717, 1.165) is 55.5 Å². The van der Waals surface area contributed by atoms with Crippen LogP contribution in [0.4, 0.5) is 0 Å². The Bertz CT molecular complexity index is 780. The van der Waals surface area contributed by atoms with Gasteiger partial charge >= 0.3 is 0 Å². The first-order valence-corrected chi connectivity index (χ1v) is 14.2. The molecule has 2 N–H and O–H groups in total. The topological polar surface area (TPSA) is 41.7 Å². The van der Waals surface area contributed by atoms with Gasteiger partial charge < -0.3 is 20.3 Å². The van der Waals surface area contributed by atoms with E-state index in [1.807, 2.05) is 0 Å². The van der Waals surface area contributed by atoms with Crippen LogP contribution in [0.15, 0.2) is 18.2 Å². The summed E-state index contributed by atoms with van der Waals surface area (Å²) in [7, 11) is 6.78. The Morgan fingerprint density at radius 2 is 1.79 bits per heavy atom. The normalized spacial score (nSPS) is 30.3. The minimum absolute atomic E-state index is 0.499. The molecule has 0 saturated heterocycles. The van der Waals surface area contributed by atoms with E-state index in [4.69, 9.17) is 10.5 Å². The van der Waals surface area contributed by atoms with Crippen LogP contribution in [-0.4, -0.2) is 63.2 Å². The first kappa shape index (κ1) is 26.0. The second-order valence-electron chi connectivity index (χ2n) is 12.1. The summed E-state index contributed by atoms with van der Waals surface area (Å²) in [6.45, 7) is 6.71. The maximum Gasteiger partial charge on any atom is 0.119 e. The molecule has 2 saturated carbocycles. The van der Waals surface area contributed by atoms with Crippen molar-refractivity contribution in [3.05, 3.63) is 29.3 Å². The van der Waals surface area contributed by atoms with Crippen molar-refractivity contribution in [3.8, 4) is 5.75 Å². The van der Waals surface area contributed by atoms with E-state index in [-0.39, 0.29) is 0 Å². The van der Waals surface area contributed by atoms with Crippen LogP contribution in [0, 0.1) is 17.3 Å². The van der Waals surface area contributed by atoms with Gasteiger partial charge in [0.15, 0.2) is 0 Å². The zero-order valence-corrected chi connectivity index (χ0v) is 22.5. The van der Waals surface area contributed by atoms with Crippen LogP contribution in [0.5, 0.6) is 5.75 Å². The number of unbranched alkanes of at least 4 members (excludes halogenated alkanes) is 3. The third-order valence-electron chi connectivity index (χ3n) is 9.66. The molecule has 2 fully saturated rings. The fraction of sp³-hybridized carbons (Fsp3) is 0.800. The summed E-state index contributed by atoms with van der Waals surface area (Å²) < 4.78 is 6.12. The highest BCUT2D eigenvalue weighted by atomic mass is 16.5. The molecule has 0 bridgehead atoms. The van der Waals surface area contributed by atoms with E-state index in [9.17, 15) is 0 Å². The van der Waals surface area contributed by atoms with Gasteiger partial charge in [-0.3, -0.25) is 0 Å². The van der Waals surface area contributed by atoms with Crippen LogP contribution in [0.3, 0.4) is 0 Å². The number of fused-ring (bicyclic) bond motifs is 5. The van der Waals surface area contributed by atoms with Gasteiger partial charge in [0.2, 0.25) is 0 Å². The Morgan fingerprint density at radius 1 is 0.971 bits per heavy atom. The minimum atomic E-state index is 0.499. The Labute approximate surface area is 209 Å². The molecular formula is C30H51N3O. The highest BCUT2D eigenvalue weighted by molar-refractivity contribution is 5.40.